The van der Waals surface area contributed by atoms with E-state index in [4.69, 9.17) is 14.2 Å². The zero-order chi connectivity index (χ0) is 17.5. The van der Waals surface area contributed by atoms with E-state index in [1.807, 2.05) is 0 Å². The lowest BCUT2D eigenvalue weighted by Gasteiger charge is -2.07. The Balaban J connectivity index is 1.94. The molecule has 0 amide bonds. The summed E-state index contributed by atoms with van der Waals surface area (Å²) in [6, 6.07) is 8.68. The smallest absolute Gasteiger partial charge is 0.331 e. The van der Waals surface area contributed by atoms with Crippen LogP contribution in [-0.2, 0) is 9.53 Å². The minimum Gasteiger partial charge on any atom is -0.497 e. The van der Waals surface area contributed by atoms with Crippen LogP contribution in [0.25, 0.3) is 6.08 Å². The molecule has 0 fully saturated rings. The quantitative estimate of drug-likeness (QED) is 0.392. The van der Waals surface area contributed by atoms with Crippen molar-refractivity contribution in [3.63, 3.8) is 0 Å². The number of ketones is 1. The topological polar surface area (TPSA) is 61.8 Å². The normalized spacial score (nSPS) is 10.6. The highest BCUT2D eigenvalue weighted by atomic mass is 79.9. The number of thiophene rings is 1. The Kier molecular flexibility index (Phi) is 6.57. The maximum absolute atomic E-state index is 11.9. The molecule has 0 N–H and O–H groups in total. The number of Topliss-reactive ketones (excluding diaryl/α,β-unsaturated/α-hetero) is 1. The summed E-state index contributed by atoms with van der Waals surface area (Å²) in [5.41, 5.74) is 0.698. The summed E-state index contributed by atoms with van der Waals surface area (Å²) in [4.78, 5) is 24.1. The second-order valence-electron chi connectivity index (χ2n) is 4.58. The first-order valence-electron chi connectivity index (χ1n) is 6.89. The van der Waals surface area contributed by atoms with Crippen LogP contribution < -0.4 is 9.47 Å². The van der Waals surface area contributed by atoms with Crippen molar-refractivity contribution in [1.82, 2.24) is 0 Å². The van der Waals surface area contributed by atoms with Crippen molar-refractivity contribution in [2.75, 3.05) is 20.8 Å². The van der Waals surface area contributed by atoms with E-state index >= 15 is 0 Å². The molecule has 0 unspecified atom stereocenters. The predicted octanol–water partition coefficient (Wildman–Crippen LogP) is 3.97. The number of hydrogen-bond donors (Lipinski definition) is 0. The van der Waals surface area contributed by atoms with Crippen molar-refractivity contribution in [3.05, 3.63) is 50.6 Å². The van der Waals surface area contributed by atoms with Gasteiger partial charge in [0.1, 0.15) is 11.5 Å². The molecule has 2 rings (SSSR count). The Morgan fingerprint density at radius 1 is 1.17 bits per heavy atom. The van der Waals surface area contributed by atoms with Gasteiger partial charge in [0.15, 0.2) is 6.61 Å². The average Bonchev–Trinajstić information content (AvgIpc) is 3.04. The van der Waals surface area contributed by atoms with Crippen LogP contribution in [0.3, 0.4) is 0 Å². The summed E-state index contributed by atoms with van der Waals surface area (Å²) in [5.74, 6) is 0.378. The molecular weight excluding hydrogens is 396 g/mol. The van der Waals surface area contributed by atoms with Gasteiger partial charge < -0.3 is 14.2 Å². The van der Waals surface area contributed by atoms with E-state index in [9.17, 15) is 9.59 Å². The number of ether oxygens (including phenoxy) is 3. The molecule has 24 heavy (non-hydrogen) atoms. The molecule has 5 nitrogen and oxygen atoms in total. The molecule has 2 aromatic rings. The Hall–Kier alpha value is -2.12. The Bertz CT molecular complexity index is 766. The van der Waals surface area contributed by atoms with Crippen LogP contribution in [0, 0.1) is 0 Å². The van der Waals surface area contributed by atoms with Crippen LogP contribution in [-0.4, -0.2) is 32.6 Å². The van der Waals surface area contributed by atoms with Gasteiger partial charge in [-0.1, -0.05) is 0 Å². The molecule has 7 heteroatoms. The van der Waals surface area contributed by atoms with E-state index in [-0.39, 0.29) is 12.4 Å². The first-order chi connectivity index (χ1) is 11.5. The van der Waals surface area contributed by atoms with Crippen LogP contribution in [0.5, 0.6) is 11.5 Å². The highest BCUT2D eigenvalue weighted by Crippen LogP contribution is 2.25. The van der Waals surface area contributed by atoms with Gasteiger partial charge in [-0.3, -0.25) is 4.79 Å². The lowest BCUT2D eigenvalue weighted by Crippen LogP contribution is -2.11. The van der Waals surface area contributed by atoms with Gasteiger partial charge in [0.2, 0.25) is 5.78 Å². The van der Waals surface area contributed by atoms with E-state index in [0.717, 1.165) is 3.79 Å². The van der Waals surface area contributed by atoms with E-state index in [2.05, 4.69) is 15.9 Å². The molecule has 0 radical (unpaired) electrons. The molecule has 0 saturated heterocycles. The second-order valence-corrected chi connectivity index (χ2v) is 7.04. The van der Waals surface area contributed by atoms with Crippen molar-refractivity contribution in [3.8, 4) is 11.5 Å². The van der Waals surface area contributed by atoms with Crippen molar-refractivity contribution in [2.24, 2.45) is 0 Å². The summed E-state index contributed by atoms with van der Waals surface area (Å²) >= 11 is 4.58. The molecule has 0 aliphatic heterocycles. The molecule has 0 bridgehead atoms. The van der Waals surface area contributed by atoms with Gasteiger partial charge in [0.25, 0.3) is 0 Å². The number of benzene rings is 1. The van der Waals surface area contributed by atoms with Gasteiger partial charge in [0, 0.05) is 17.7 Å². The van der Waals surface area contributed by atoms with Crippen LogP contribution in [0.1, 0.15) is 15.2 Å². The van der Waals surface area contributed by atoms with Crippen molar-refractivity contribution in [2.45, 2.75) is 0 Å². The predicted molar refractivity (Wildman–Crippen MR) is 95.9 cm³/mol. The number of hydrogen-bond acceptors (Lipinski definition) is 6. The molecule has 126 valence electrons. The number of methoxy groups -OCH3 is 2. The Labute approximate surface area is 152 Å². The van der Waals surface area contributed by atoms with Crippen LogP contribution >= 0.6 is 27.3 Å². The lowest BCUT2D eigenvalue weighted by molar-refractivity contribution is -0.136. The fraction of sp³-hybridized carbons (Fsp3) is 0.176. The summed E-state index contributed by atoms with van der Waals surface area (Å²) in [6.45, 7) is -0.296. The zero-order valence-corrected chi connectivity index (χ0v) is 15.5. The van der Waals surface area contributed by atoms with Gasteiger partial charge in [-0.2, -0.15) is 0 Å². The standard InChI is InChI=1S/C17H15BrO5S/c1-21-12-5-3-11(14(9-12)22-2)4-8-17(20)23-10-13(19)15-6-7-16(18)24-15/h3-9H,10H2,1-2H3/b8-4+. The monoisotopic (exact) mass is 410 g/mol. The SMILES string of the molecule is COc1ccc(/C=C/C(=O)OCC(=O)c2ccc(Br)s2)c(OC)c1. The van der Waals surface area contributed by atoms with Crippen LogP contribution in [0.4, 0.5) is 0 Å². The summed E-state index contributed by atoms with van der Waals surface area (Å²) in [7, 11) is 3.09. The third-order valence-electron chi connectivity index (χ3n) is 3.03. The maximum Gasteiger partial charge on any atom is 0.331 e. The highest BCUT2D eigenvalue weighted by Gasteiger charge is 2.11. The third kappa shape index (κ3) is 4.94. The molecule has 0 atom stereocenters. The fourth-order valence-corrected chi connectivity index (χ4v) is 3.14. The van der Waals surface area contributed by atoms with Gasteiger partial charge in [-0.25, -0.2) is 4.79 Å². The summed E-state index contributed by atoms with van der Waals surface area (Å²) < 4.78 is 16.2. The number of carbonyl (C=O) groups is 2. The number of esters is 1. The molecule has 1 heterocycles. The van der Waals surface area contributed by atoms with E-state index < -0.39 is 5.97 Å². The van der Waals surface area contributed by atoms with Gasteiger partial charge in [-0.15, -0.1) is 11.3 Å². The Morgan fingerprint density at radius 2 is 1.96 bits per heavy atom. The minimum absolute atomic E-state index is 0.241. The van der Waals surface area contributed by atoms with Crippen LogP contribution in [0.2, 0.25) is 0 Å². The first kappa shape index (κ1) is 18.2. The van der Waals surface area contributed by atoms with Crippen molar-refractivity contribution in [1.29, 1.82) is 0 Å². The zero-order valence-electron chi connectivity index (χ0n) is 13.1. The molecule has 0 spiro atoms. The first-order valence-corrected chi connectivity index (χ1v) is 8.50. The average molecular weight is 411 g/mol. The second kappa shape index (κ2) is 8.65. The molecular formula is C17H15BrO5S. The summed E-state index contributed by atoms with van der Waals surface area (Å²) in [6.07, 6.45) is 2.81. The molecule has 0 aliphatic carbocycles. The van der Waals surface area contributed by atoms with Gasteiger partial charge in [-0.05, 0) is 46.3 Å². The molecule has 0 saturated carbocycles. The van der Waals surface area contributed by atoms with Gasteiger partial charge >= 0.3 is 5.97 Å². The number of halogens is 1. The third-order valence-corrected chi connectivity index (χ3v) is 4.70. The van der Waals surface area contributed by atoms with Gasteiger partial charge in [0.05, 0.1) is 22.9 Å². The fourth-order valence-electron chi connectivity index (χ4n) is 1.83. The molecule has 1 aromatic heterocycles. The number of carbonyl (C=O) groups excluding carboxylic acids is 2. The van der Waals surface area contributed by atoms with E-state index in [1.165, 1.54) is 24.5 Å². The largest absolute Gasteiger partial charge is 0.497 e. The van der Waals surface area contributed by atoms with Crippen molar-refractivity contribution >= 4 is 45.1 Å². The Morgan fingerprint density at radius 3 is 2.58 bits per heavy atom. The molecule has 0 aliphatic rings. The van der Waals surface area contributed by atoms with Crippen molar-refractivity contribution < 1.29 is 23.8 Å². The molecule has 1 aromatic carbocycles. The maximum atomic E-state index is 11.9. The minimum atomic E-state index is -0.600. The summed E-state index contributed by atoms with van der Waals surface area (Å²) in [5, 5.41) is 0. The number of rotatable bonds is 7. The lowest BCUT2D eigenvalue weighted by atomic mass is 10.2. The van der Waals surface area contributed by atoms with E-state index in [0.29, 0.717) is 21.9 Å². The van der Waals surface area contributed by atoms with Crippen LogP contribution in [0.15, 0.2) is 40.2 Å². The van der Waals surface area contributed by atoms with E-state index in [1.54, 1.807) is 43.5 Å². The highest BCUT2D eigenvalue weighted by molar-refractivity contribution is 9.11.